The van der Waals surface area contributed by atoms with E-state index in [1.807, 2.05) is 17.0 Å². The molecule has 0 aromatic heterocycles. The number of primary amides is 1. The molecule has 1 aliphatic heterocycles. The summed E-state index contributed by atoms with van der Waals surface area (Å²) in [6.07, 6.45) is 4.99. The Labute approximate surface area is 196 Å². The van der Waals surface area contributed by atoms with Gasteiger partial charge in [0.1, 0.15) is 0 Å². The van der Waals surface area contributed by atoms with Gasteiger partial charge in [0.15, 0.2) is 17.7 Å². The molecule has 2 aromatic rings. The minimum atomic E-state index is -0.720. The molecule has 2 unspecified atom stereocenters. The lowest BCUT2D eigenvalue weighted by Crippen LogP contribution is -2.59. The van der Waals surface area contributed by atoms with Crippen molar-refractivity contribution >= 4 is 11.6 Å². The molecule has 1 saturated carbocycles. The predicted octanol–water partition coefficient (Wildman–Crippen LogP) is 3.21. The number of ether oxygens (including phenoxy) is 3. The number of rotatable bonds is 9. The molecule has 33 heavy (non-hydrogen) atoms. The van der Waals surface area contributed by atoms with Crippen LogP contribution in [0.5, 0.6) is 11.5 Å². The quantitative estimate of drug-likeness (QED) is 0.628. The Morgan fingerprint density at radius 1 is 1.06 bits per heavy atom. The lowest BCUT2D eigenvalue weighted by atomic mass is 10.0. The minimum absolute atomic E-state index is 0.144. The van der Waals surface area contributed by atoms with Gasteiger partial charge >= 0.3 is 0 Å². The van der Waals surface area contributed by atoms with Gasteiger partial charge in [-0.2, -0.15) is 0 Å². The topological polar surface area (TPSA) is 77.3 Å². The number of anilines is 1. The summed E-state index contributed by atoms with van der Waals surface area (Å²) in [6, 6.07) is 16.8. The van der Waals surface area contributed by atoms with Gasteiger partial charge in [0.25, 0.3) is 5.91 Å². The molecule has 2 aliphatic rings. The summed E-state index contributed by atoms with van der Waals surface area (Å²) in [5.41, 5.74) is 7.95. The number of nitrogens with two attached hydrogens (primary N) is 1. The summed E-state index contributed by atoms with van der Waals surface area (Å²) in [5, 5.41) is 0. The second kappa shape index (κ2) is 10.9. The first-order valence-electron chi connectivity index (χ1n) is 11.8. The maximum atomic E-state index is 11.9. The van der Waals surface area contributed by atoms with Crippen LogP contribution in [0.1, 0.15) is 31.2 Å². The number of carbonyl (C=O) groups is 1. The van der Waals surface area contributed by atoms with Crippen LogP contribution in [0.2, 0.25) is 0 Å². The fourth-order valence-electron chi connectivity index (χ4n) is 5.06. The smallest absolute Gasteiger partial charge is 0.261 e. The van der Waals surface area contributed by atoms with E-state index in [0.717, 1.165) is 43.0 Å². The number of carbonyl (C=O) groups excluding carboxylic acids is 1. The molecule has 7 nitrogen and oxygen atoms in total. The van der Waals surface area contributed by atoms with E-state index in [-0.39, 0.29) is 12.1 Å². The van der Waals surface area contributed by atoms with E-state index >= 15 is 0 Å². The molecule has 0 radical (unpaired) electrons. The van der Waals surface area contributed by atoms with Gasteiger partial charge in [-0.1, -0.05) is 30.3 Å². The summed E-state index contributed by atoms with van der Waals surface area (Å²) >= 11 is 0. The van der Waals surface area contributed by atoms with Gasteiger partial charge in [0.2, 0.25) is 0 Å². The summed E-state index contributed by atoms with van der Waals surface area (Å²) in [5.74, 6) is 1.10. The molecule has 2 aromatic carbocycles. The van der Waals surface area contributed by atoms with Crippen molar-refractivity contribution in [3.8, 4) is 11.5 Å². The van der Waals surface area contributed by atoms with Crippen molar-refractivity contribution in [2.75, 3.05) is 38.8 Å². The lowest BCUT2D eigenvalue weighted by molar-refractivity contribution is -0.140. The summed E-state index contributed by atoms with van der Waals surface area (Å²) in [4.78, 5) is 16.4. The number of piperazine rings is 1. The Kier molecular flexibility index (Phi) is 7.73. The number of benzene rings is 2. The van der Waals surface area contributed by atoms with Gasteiger partial charge in [0.05, 0.1) is 13.2 Å². The van der Waals surface area contributed by atoms with Gasteiger partial charge in [-0.05, 0) is 49.8 Å². The average molecular weight is 454 g/mol. The molecule has 7 heteroatoms. The highest BCUT2D eigenvalue weighted by molar-refractivity contribution is 5.78. The molecule has 1 aliphatic carbocycles. The number of amides is 1. The molecule has 0 bridgehead atoms. The Balaban J connectivity index is 1.60. The summed E-state index contributed by atoms with van der Waals surface area (Å²) in [6.45, 7) is 2.10. The van der Waals surface area contributed by atoms with E-state index < -0.39 is 12.1 Å². The first kappa shape index (κ1) is 23.4. The van der Waals surface area contributed by atoms with E-state index in [2.05, 4.69) is 41.3 Å². The molecule has 4 rings (SSSR count). The summed E-state index contributed by atoms with van der Waals surface area (Å²) in [7, 11) is 3.21. The van der Waals surface area contributed by atoms with Crippen LogP contribution in [0.25, 0.3) is 0 Å². The van der Waals surface area contributed by atoms with Crippen LogP contribution in [0.3, 0.4) is 0 Å². The number of hydrogen-bond donors (Lipinski definition) is 1. The first-order chi connectivity index (χ1) is 16.1. The maximum Gasteiger partial charge on any atom is 0.261 e. The standard InChI is InChI=1S/C26H35N3O4/c1-31-23-13-12-20(17-24(23)33-22-10-6-7-11-22)29-15-14-28(26(32-2)25(27)30)18-21(29)16-19-8-4-3-5-9-19/h3-5,8-9,12-13,17,21-22,26H,6-7,10-11,14-16,18H2,1-2H3,(H2,27,30). The van der Waals surface area contributed by atoms with Crippen LogP contribution < -0.4 is 20.1 Å². The molecular weight excluding hydrogens is 418 g/mol. The Bertz CT molecular complexity index is 917. The van der Waals surface area contributed by atoms with E-state index in [9.17, 15) is 4.79 Å². The number of hydrogen-bond acceptors (Lipinski definition) is 6. The van der Waals surface area contributed by atoms with Crippen molar-refractivity contribution in [2.45, 2.75) is 50.5 Å². The van der Waals surface area contributed by atoms with E-state index in [1.165, 1.54) is 25.5 Å². The van der Waals surface area contributed by atoms with Crippen LogP contribution in [0, 0.1) is 0 Å². The zero-order chi connectivity index (χ0) is 23.2. The first-order valence-corrected chi connectivity index (χ1v) is 11.8. The fourth-order valence-corrected chi connectivity index (χ4v) is 5.06. The highest BCUT2D eigenvalue weighted by Crippen LogP contribution is 2.36. The van der Waals surface area contributed by atoms with Gasteiger partial charge in [-0.15, -0.1) is 0 Å². The SMILES string of the molecule is COc1ccc(N2CCN(C(OC)C(N)=O)CC2Cc2ccccc2)cc1OC1CCCC1. The van der Waals surface area contributed by atoms with Crippen LogP contribution >= 0.6 is 0 Å². The van der Waals surface area contributed by atoms with Crippen molar-refractivity contribution in [1.29, 1.82) is 0 Å². The highest BCUT2D eigenvalue weighted by Gasteiger charge is 2.34. The number of nitrogens with zero attached hydrogens (tertiary/aromatic N) is 2. The zero-order valence-corrected chi connectivity index (χ0v) is 19.6. The van der Waals surface area contributed by atoms with Crippen LogP contribution in [0.15, 0.2) is 48.5 Å². The van der Waals surface area contributed by atoms with Gasteiger partial charge in [0, 0.05) is 44.5 Å². The van der Waals surface area contributed by atoms with Crippen molar-refractivity contribution < 1.29 is 19.0 Å². The zero-order valence-electron chi connectivity index (χ0n) is 19.6. The molecule has 2 fully saturated rings. The second-order valence-electron chi connectivity index (χ2n) is 8.88. The Morgan fingerprint density at radius 3 is 2.48 bits per heavy atom. The Hall–Kier alpha value is -2.77. The van der Waals surface area contributed by atoms with E-state index in [4.69, 9.17) is 19.9 Å². The van der Waals surface area contributed by atoms with Crippen molar-refractivity contribution in [3.05, 3.63) is 54.1 Å². The molecular formula is C26H35N3O4. The predicted molar refractivity (Wildman–Crippen MR) is 129 cm³/mol. The van der Waals surface area contributed by atoms with Crippen LogP contribution in [0.4, 0.5) is 5.69 Å². The van der Waals surface area contributed by atoms with Crippen LogP contribution in [-0.4, -0.2) is 63.0 Å². The number of methoxy groups -OCH3 is 2. The third-order valence-corrected chi connectivity index (χ3v) is 6.70. The molecule has 178 valence electrons. The summed E-state index contributed by atoms with van der Waals surface area (Å²) < 4.78 is 17.3. The van der Waals surface area contributed by atoms with E-state index in [0.29, 0.717) is 13.1 Å². The third-order valence-electron chi connectivity index (χ3n) is 6.70. The van der Waals surface area contributed by atoms with Gasteiger partial charge in [-0.3, -0.25) is 9.69 Å². The molecule has 1 saturated heterocycles. The largest absolute Gasteiger partial charge is 0.493 e. The van der Waals surface area contributed by atoms with Crippen LogP contribution in [-0.2, 0) is 16.0 Å². The molecule has 1 heterocycles. The monoisotopic (exact) mass is 453 g/mol. The second-order valence-corrected chi connectivity index (χ2v) is 8.88. The molecule has 1 amide bonds. The maximum absolute atomic E-state index is 11.9. The van der Waals surface area contributed by atoms with Crippen molar-refractivity contribution in [2.24, 2.45) is 5.73 Å². The van der Waals surface area contributed by atoms with Gasteiger partial charge in [-0.25, -0.2) is 0 Å². The van der Waals surface area contributed by atoms with E-state index in [1.54, 1.807) is 7.11 Å². The van der Waals surface area contributed by atoms with Gasteiger partial charge < -0.3 is 24.8 Å². The normalized spacial score (nSPS) is 20.5. The molecule has 0 spiro atoms. The Morgan fingerprint density at radius 2 is 1.82 bits per heavy atom. The van der Waals surface area contributed by atoms with Crippen molar-refractivity contribution in [1.82, 2.24) is 4.90 Å². The average Bonchev–Trinajstić information content (AvgIpc) is 3.33. The lowest BCUT2D eigenvalue weighted by Gasteiger charge is -2.44. The minimum Gasteiger partial charge on any atom is -0.493 e. The molecule has 2 N–H and O–H groups in total. The van der Waals surface area contributed by atoms with Crippen molar-refractivity contribution in [3.63, 3.8) is 0 Å². The molecule has 2 atom stereocenters. The third kappa shape index (κ3) is 5.60. The highest BCUT2D eigenvalue weighted by atomic mass is 16.5. The fraction of sp³-hybridized carbons (Fsp3) is 0.500.